The summed E-state index contributed by atoms with van der Waals surface area (Å²) in [5, 5.41) is 3.21. The predicted molar refractivity (Wildman–Crippen MR) is 58.0 cm³/mol. The first kappa shape index (κ1) is 11.2. The molecule has 0 spiro atoms. The summed E-state index contributed by atoms with van der Waals surface area (Å²) in [7, 11) is 0. The highest BCUT2D eigenvalue weighted by Gasteiger charge is 2.10. The van der Waals surface area contributed by atoms with Crippen LogP contribution in [0, 0.1) is 19.7 Å². The summed E-state index contributed by atoms with van der Waals surface area (Å²) in [5.41, 5.74) is 2.91. The number of benzene rings is 1. The van der Waals surface area contributed by atoms with Crippen molar-refractivity contribution in [2.45, 2.75) is 33.7 Å². The molecule has 2 heteroatoms. The molecular weight excluding hydrogens is 177 g/mol. The summed E-state index contributed by atoms with van der Waals surface area (Å²) >= 11 is 0. The highest BCUT2D eigenvalue weighted by atomic mass is 19.1. The number of nitrogens with one attached hydrogen (secondary N) is 1. The Bertz CT molecular complexity index is 320. The van der Waals surface area contributed by atoms with Crippen LogP contribution in [0.2, 0.25) is 0 Å². The Hall–Kier alpha value is -0.890. The Kier molecular flexibility index (Phi) is 3.64. The Morgan fingerprint density at radius 2 is 1.86 bits per heavy atom. The van der Waals surface area contributed by atoms with E-state index in [1.165, 1.54) is 0 Å². The van der Waals surface area contributed by atoms with Crippen LogP contribution in [0.15, 0.2) is 12.1 Å². The normalized spacial score (nSPS) is 12.9. The van der Waals surface area contributed by atoms with Crippen LogP contribution in [0.25, 0.3) is 0 Å². The fraction of sp³-hybridized carbons (Fsp3) is 0.500. The summed E-state index contributed by atoms with van der Waals surface area (Å²) in [4.78, 5) is 0. The first-order chi connectivity index (χ1) is 6.56. The third kappa shape index (κ3) is 2.32. The topological polar surface area (TPSA) is 12.0 Å². The van der Waals surface area contributed by atoms with Gasteiger partial charge in [0.05, 0.1) is 0 Å². The predicted octanol–water partition coefficient (Wildman–Crippen LogP) is 3.11. The third-order valence-electron chi connectivity index (χ3n) is 2.59. The van der Waals surface area contributed by atoms with Crippen LogP contribution in [-0.4, -0.2) is 6.54 Å². The fourth-order valence-electron chi connectivity index (χ4n) is 1.55. The molecule has 1 aromatic rings. The molecule has 0 saturated heterocycles. The maximum absolute atomic E-state index is 13.6. The minimum absolute atomic E-state index is 0.0827. The van der Waals surface area contributed by atoms with E-state index >= 15 is 0 Å². The Balaban J connectivity index is 3.02. The molecule has 0 amide bonds. The molecule has 0 aliphatic carbocycles. The molecule has 1 rings (SSSR count). The lowest BCUT2D eigenvalue weighted by Gasteiger charge is -2.15. The molecule has 0 heterocycles. The quantitative estimate of drug-likeness (QED) is 0.781. The van der Waals surface area contributed by atoms with Crippen LogP contribution in [0.1, 0.15) is 36.6 Å². The molecule has 0 aromatic heterocycles. The van der Waals surface area contributed by atoms with Gasteiger partial charge in [-0.25, -0.2) is 4.39 Å². The van der Waals surface area contributed by atoms with Crippen molar-refractivity contribution in [3.63, 3.8) is 0 Å². The van der Waals surface area contributed by atoms with Gasteiger partial charge in [0.25, 0.3) is 0 Å². The number of rotatable bonds is 3. The number of aryl methyl sites for hydroxylation is 2. The van der Waals surface area contributed by atoms with E-state index in [1.807, 2.05) is 33.8 Å². The van der Waals surface area contributed by atoms with Crippen molar-refractivity contribution in [3.8, 4) is 0 Å². The summed E-state index contributed by atoms with van der Waals surface area (Å²) in [6.45, 7) is 8.80. The number of hydrogen-bond acceptors (Lipinski definition) is 1. The van der Waals surface area contributed by atoms with Gasteiger partial charge in [-0.1, -0.05) is 13.0 Å². The van der Waals surface area contributed by atoms with Gasteiger partial charge in [-0.15, -0.1) is 0 Å². The SMILES string of the molecule is CCNC(C)c1cc(C)c(C)cc1F. The standard InChI is InChI=1S/C12H18FN/c1-5-14-10(4)11-6-8(2)9(3)7-12(11)13/h6-7,10,14H,5H2,1-4H3. The zero-order chi connectivity index (χ0) is 10.7. The largest absolute Gasteiger partial charge is 0.310 e. The van der Waals surface area contributed by atoms with Crippen LogP contribution in [-0.2, 0) is 0 Å². The van der Waals surface area contributed by atoms with Gasteiger partial charge in [0, 0.05) is 11.6 Å². The lowest BCUT2D eigenvalue weighted by atomic mass is 10.0. The Morgan fingerprint density at radius 3 is 2.43 bits per heavy atom. The molecule has 14 heavy (non-hydrogen) atoms. The summed E-state index contributed by atoms with van der Waals surface area (Å²) in [5.74, 6) is -0.110. The number of halogens is 1. The van der Waals surface area contributed by atoms with E-state index < -0.39 is 0 Å². The van der Waals surface area contributed by atoms with Gasteiger partial charge in [-0.3, -0.25) is 0 Å². The first-order valence-electron chi connectivity index (χ1n) is 5.06. The lowest BCUT2D eigenvalue weighted by Crippen LogP contribution is -2.19. The van der Waals surface area contributed by atoms with E-state index in [-0.39, 0.29) is 11.9 Å². The molecule has 1 unspecified atom stereocenters. The van der Waals surface area contributed by atoms with Gasteiger partial charge < -0.3 is 5.32 Å². The van der Waals surface area contributed by atoms with E-state index in [0.29, 0.717) is 0 Å². The van der Waals surface area contributed by atoms with Crippen molar-refractivity contribution in [1.82, 2.24) is 5.32 Å². The van der Waals surface area contributed by atoms with Crippen LogP contribution in [0.3, 0.4) is 0 Å². The van der Waals surface area contributed by atoms with E-state index in [1.54, 1.807) is 6.07 Å². The van der Waals surface area contributed by atoms with Crippen molar-refractivity contribution in [2.75, 3.05) is 6.54 Å². The smallest absolute Gasteiger partial charge is 0.128 e. The van der Waals surface area contributed by atoms with Gasteiger partial charge in [0.2, 0.25) is 0 Å². The molecule has 1 atom stereocenters. The molecule has 0 aliphatic heterocycles. The average molecular weight is 195 g/mol. The zero-order valence-electron chi connectivity index (χ0n) is 9.32. The molecule has 78 valence electrons. The van der Waals surface area contributed by atoms with Crippen LogP contribution in [0.5, 0.6) is 0 Å². The Morgan fingerprint density at radius 1 is 1.29 bits per heavy atom. The van der Waals surface area contributed by atoms with Gasteiger partial charge in [0.1, 0.15) is 5.82 Å². The van der Waals surface area contributed by atoms with Gasteiger partial charge in [-0.05, 0) is 44.5 Å². The van der Waals surface area contributed by atoms with E-state index in [9.17, 15) is 4.39 Å². The molecule has 0 radical (unpaired) electrons. The monoisotopic (exact) mass is 195 g/mol. The fourth-order valence-corrected chi connectivity index (χ4v) is 1.55. The maximum atomic E-state index is 13.6. The molecule has 0 bridgehead atoms. The zero-order valence-corrected chi connectivity index (χ0v) is 9.32. The highest BCUT2D eigenvalue weighted by Crippen LogP contribution is 2.20. The second-order valence-electron chi connectivity index (χ2n) is 3.74. The number of hydrogen-bond donors (Lipinski definition) is 1. The third-order valence-corrected chi connectivity index (χ3v) is 2.59. The molecule has 0 aliphatic rings. The molecule has 1 aromatic carbocycles. The summed E-state index contributed by atoms with van der Waals surface area (Å²) in [6.07, 6.45) is 0. The summed E-state index contributed by atoms with van der Waals surface area (Å²) < 4.78 is 13.6. The summed E-state index contributed by atoms with van der Waals surface area (Å²) in [6, 6.07) is 3.62. The lowest BCUT2D eigenvalue weighted by molar-refractivity contribution is 0.539. The molecule has 1 nitrogen and oxygen atoms in total. The molecule has 0 fully saturated rings. The van der Waals surface area contributed by atoms with Crippen LogP contribution in [0.4, 0.5) is 4.39 Å². The average Bonchev–Trinajstić information content (AvgIpc) is 2.11. The highest BCUT2D eigenvalue weighted by molar-refractivity contribution is 5.32. The second kappa shape index (κ2) is 4.56. The molecule has 0 saturated carbocycles. The van der Waals surface area contributed by atoms with Crippen molar-refractivity contribution in [3.05, 3.63) is 34.6 Å². The molecular formula is C12H18FN. The van der Waals surface area contributed by atoms with E-state index in [0.717, 1.165) is 23.2 Å². The van der Waals surface area contributed by atoms with Crippen molar-refractivity contribution in [2.24, 2.45) is 0 Å². The van der Waals surface area contributed by atoms with Crippen molar-refractivity contribution in [1.29, 1.82) is 0 Å². The first-order valence-corrected chi connectivity index (χ1v) is 5.06. The van der Waals surface area contributed by atoms with Gasteiger partial charge >= 0.3 is 0 Å². The van der Waals surface area contributed by atoms with Crippen LogP contribution < -0.4 is 5.32 Å². The molecule has 1 N–H and O–H groups in total. The minimum atomic E-state index is -0.110. The van der Waals surface area contributed by atoms with Gasteiger partial charge in [-0.2, -0.15) is 0 Å². The van der Waals surface area contributed by atoms with Crippen molar-refractivity contribution >= 4 is 0 Å². The van der Waals surface area contributed by atoms with E-state index in [2.05, 4.69) is 5.32 Å². The Labute approximate surface area is 85.3 Å². The second-order valence-corrected chi connectivity index (χ2v) is 3.74. The minimum Gasteiger partial charge on any atom is -0.310 e. The van der Waals surface area contributed by atoms with Crippen LogP contribution >= 0.6 is 0 Å². The van der Waals surface area contributed by atoms with Crippen molar-refractivity contribution < 1.29 is 4.39 Å². The maximum Gasteiger partial charge on any atom is 0.128 e. The van der Waals surface area contributed by atoms with Gasteiger partial charge in [0.15, 0.2) is 0 Å². The van der Waals surface area contributed by atoms with E-state index in [4.69, 9.17) is 0 Å².